The average molecular weight is 423 g/mol. The lowest BCUT2D eigenvalue weighted by Gasteiger charge is -2.14. The molecule has 2 aromatic carbocycles. The SMILES string of the molecule is COc1cc(Br)c(S(=O)(=O)Nc2cccc3ncccc23)cc1OC. The van der Waals surface area contributed by atoms with Gasteiger partial charge in [0.2, 0.25) is 0 Å². The Hall–Kier alpha value is -2.32. The van der Waals surface area contributed by atoms with Gasteiger partial charge in [-0.25, -0.2) is 8.42 Å². The van der Waals surface area contributed by atoms with Crippen molar-refractivity contribution >= 4 is 42.5 Å². The first-order valence-electron chi connectivity index (χ1n) is 7.24. The van der Waals surface area contributed by atoms with Crippen LogP contribution in [0.5, 0.6) is 11.5 Å². The zero-order valence-corrected chi connectivity index (χ0v) is 15.9. The van der Waals surface area contributed by atoms with E-state index in [4.69, 9.17) is 9.47 Å². The number of aromatic nitrogens is 1. The Morgan fingerprint density at radius 3 is 2.48 bits per heavy atom. The molecule has 25 heavy (non-hydrogen) atoms. The van der Waals surface area contributed by atoms with Gasteiger partial charge in [0, 0.05) is 22.1 Å². The number of hydrogen-bond donors (Lipinski definition) is 1. The van der Waals surface area contributed by atoms with E-state index in [1.807, 2.05) is 12.1 Å². The molecule has 0 atom stereocenters. The van der Waals surface area contributed by atoms with E-state index in [-0.39, 0.29) is 4.90 Å². The van der Waals surface area contributed by atoms with Crippen LogP contribution in [0.1, 0.15) is 0 Å². The molecular formula is C17H15BrN2O4S. The molecule has 6 nitrogen and oxygen atoms in total. The van der Waals surface area contributed by atoms with Gasteiger partial charge in [0.05, 0.1) is 25.4 Å². The van der Waals surface area contributed by atoms with Gasteiger partial charge in [0.25, 0.3) is 10.0 Å². The molecule has 1 heterocycles. The number of nitrogens with zero attached hydrogens (tertiary/aromatic N) is 1. The van der Waals surface area contributed by atoms with Gasteiger partial charge in [-0.15, -0.1) is 0 Å². The molecule has 0 spiro atoms. The first kappa shape index (κ1) is 17.5. The van der Waals surface area contributed by atoms with E-state index in [1.54, 1.807) is 30.5 Å². The van der Waals surface area contributed by atoms with Gasteiger partial charge >= 0.3 is 0 Å². The standard InChI is InChI=1S/C17H15BrN2O4S/c1-23-15-9-12(18)17(10-16(15)24-2)25(21,22)20-14-7-3-6-13-11(14)5-4-8-19-13/h3-10,20H,1-2H3. The smallest absolute Gasteiger partial charge is 0.263 e. The Kier molecular flexibility index (Phi) is 4.82. The summed E-state index contributed by atoms with van der Waals surface area (Å²) in [5.74, 6) is 0.758. The molecule has 0 aliphatic rings. The van der Waals surface area contributed by atoms with Crippen LogP contribution >= 0.6 is 15.9 Å². The number of hydrogen-bond acceptors (Lipinski definition) is 5. The molecule has 8 heteroatoms. The molecule has 0 unspecified atom stereocenters. The number of benzene rings is 2. The normalized spacial score (nSPS) is 11.3. The van der Waals surface area contributed by atoms with Crippen molar-refractivity contribution in [3.63, 3.8) is 0 Å². The summed E-state index contributed by atoms with van der Waals surface area (Å²) in [7, 11) is -0.917. The zero-order valence-electron chi connectivity index (χ0n) is 13.5. The number of halogens is 1. The highest BCUT2D eigenvalue weighted by Gasteiger charge is 2.22. The number of ether oxygens (including phenoxy) is 2. The molecule has 3 aromatic rings. The van der Waals surface area contributed by atoms with E-state index in [1.165, 1.54) is 20.3 Å². The number of fused-ring (bicyclic) bond motifs is 1. The molecular weight excluding hydrogens is 408 g/mol. The van der Waals surface area contributed by atoms with Crippen molar-refractivity contribution in [1.82, 2.24) is 4.98 Å². The van der Waals surface area contributed by atoms with Crippen molar-refractivity contribution in [2.45, 2.75) is 4.90 Å². The lowest BCUT2D eigenvalue weighted by molar-refractivity contribution is 0.353. The predicted octanol–water partition coefficient (Wildman–Crippen LogP) is 3.82. The number of methoxy groups -OCH3 is 2. The van der Waals surface area contributed by atoms with E-state index in [0.29, 0.717) is 32.6 Å². The van der Waals surface area contributed by atoms with Crippen LogP contribution in [0, 0.1) is 0 Å². The monoisotopic (exact) mass is 422 g/mol. The Morgan fingerprint density at radius 1 is 1.04 bits per heavy atom. The Labute approximate surface area is 154 Å². The summed E-state index contributed by atoms with van der Waals surface area (Å²) >= 11 is 3.28. The largest absolute Gasteiger partial charge is 0.493 e. The zero-order chi connectivity index (χ0) is 18.0. The molecule has 0 fully saturated rings. The minimum Gasteiger partial charge on any atom is -0.493 e. The van der Waals surface area contributed by atoms with Crippen LogP contribution in [0.15, 0.2) is 58.0 Å². The molecule has 0 aliphatic heterocycles. The molecule has 0 amide bonds. The summed E-state index contributed by atoms with van der Waals surface area (Å²) in [5.41, 5.74) is 1.15. The molecule has 130 valence electrons. The average Bonchev–Trinajstić information content (AvgIpc) is 2.61. The quantitative estimate of drug-likeness (QED) is 0.675. The minimum absolute atomic E-state index is 0.0473. The maximum absolute atomic E-state index is 12.9. The number of rotatable bonds is 5. The van der Waals surface area contributed by atoms with E-state index < -0.39 is 10.0 Å². The van der Waals surface area contributed by atoms with Gasteiger partial charge < -0.3 is 9.47 Å². The van der Waals surface area contributed by atoms with Gasteiger partial charge in [-0.1, -0.05) is 6.07 Å². The molecule has 3 rings (SSSR count). The molecule has 0 radical (unpaired) electrons. The van der Waals surface area contributed by atoms with Crippen LogP contribution in [0.2, 0.25) is 0 Å². The van der Waals surface area contributed by atoms with Gasteiger partial charge in [0.1, 0.15) is 4.90 Å². The number of pyridine rings is 1. The van der Waals surface area contributed by atoms with Crippen LogP contribution in [0.25, 0.3) is 10.9 Å². The van der Waals surface area contributed by atoms with E-state index in [9.17, 15) is 8.42 Å². The second-order valence-corrected chi connectivity index (χ2v) is 7.62. The van der Waals surface area contributed by atoms with Gasteiger partial charge in [0.15, 0.2) is 11.5 Å². The lowest BCUT2D eigenvalue weighted by Crippen LogP contribution is -2.14. The van der Waals surface area contributed by atoms with Gasteiger partial charge in [-0.05, 0) is 46.3 Å². The highest BCUT2D eigenvalue weighted by Crippen LogP contribution is 2.36. The van der Waals surface area contributed by atoms with Gasteiger partial charge in [-0.3, -0.25) is 9.71 Å². The van der Waals surface area contributed by atoms with Crippen molar-refractivity contribution in [2.75, 3.05) is 18.9 Å². The maximum Gasteiger partial charge on any atom is 0.263 e. The fourth-order valence-corrected chi connectivity index (χ4v) is 4.55. The van der Waals surface area contributed by atoms with Crippen LogP contribution in [0.4, 0.5) is 5.69 Å². The second kappa shape index (κ2) is 6.89. The summed E-state index contributed by atoms with van der Waals surface area (Å²) in [5, 5.41) is 0.713. The van der Waals surface area contributed by atoms with Gasteiger partial charge in [-0.2, -0.15) is 0 Å². The third-order valence-electron chi connectivity index (χ3n) is 3.62. The molecule has 0 saturated carbocycles. The highest BCUT2D eigenvalue weighted by molar-refractivity contribution is 9.10. The number of sulfonamides is 1. The van der Waals surface area contributed by atoms with Crippen LogP contribution in [0.3, 0.4) is 0 Å². The van der Waals surface area contributed by atoms with Crippen molar-refractivity contribution in [2.24, 2.45) is 0 Å². The molecule has 0 saturated heterocycles. The lowest BCUT2D eigenvalue weighted by atomic mass is 10.2. The Balaban J connectivity index is 2.08. The predicted molar refractivity (Wildman–Crippen MR) is 99.8 cm³/mol. The molecule has 1 N–H and O–H groups in total. The molecule has 0 aliphatic carbocycles. The summed E-state index contributed by atoms with van der Waals surface area (Å²) in [6.07, 6.45) is 1.66. The summed E-state index contributed by atoms with van der Waals surface area (Å²) in [6.45, 7) is 0. The Bertz CT molecular complexity index is 1030. The summed E-state index contributed by atoms with van der Waals surface area (Å²) < 4.78 is 39.1. The van der Waals surface area contributed by atoms with Crippen molar-refractivity contribution < 1.29 is 17.9 Å². The topological polar surface area (TPSA) is 77.5 Å². The fraction of sp³-hybridized carbons (Fsp3) is 0.118. The first-order chi connectivity index (χ1) is 12.0. The molecule has 0 bridgehead atoms. The Morgan fingerprint density at radius 2 is 1.76 bits per heavy atom. The fourth-order valence-electron chi connectivity index (χ4n) is 2.43. The minimum atomic E-state index is -3.85. The molecule has 1 aromatic heterocycles. The first-order valence-corrected chi connectivity index (χ1v) is 9.52. The third kappa shape index (κ3) is 3.40. The van der Waals surface area contributed by atoms with Crippen molar-refractivity contribution in [3.05, 3.63) is 53.1 Å². The highest BCUT2D eigenvalue weighted by atomic mass is 79.9. The van der Waals surface area contributed by atoms with E-state index in [2.05, 4.69) is 25.6 Å². The summed E-state index contributed by atoms with van der Waals surface area (Å²) in [4.78, 5) is 4.28. The van der Waals surface area contributed by atoms with Crippen LogP contribution < -0.4 is 14.2 Å². The van der Waals surface area contributed by atoms with Crippen molar-refractivity contribution in [3.8, 4) is 11.5 Å². The van der Waals surface area contributed by atoms with E-state index in [0.717, 1.165) is 0 Å². The number of nitrogens with one attached hydrogen (secondary N) is 1. The van der Waals surface area contributed by atoms with Crippen LogP contribution in [-0.2, 0) is 10.0 Å². The van der Waals surface area contributed by atoms with Crippen molar-refractivity contribution in [1.29, 1.82) is 0 Å². The third-order valence-corrected chi connectivity index (χ3v) is 5.94. The summed E-state index contributed by atoms with van der Waals surface area (Å²) in [6, 6.07) is 11.8. The van der Waals surface area contributed by atoms with E-state index >= 15 is 0 Å². The second-order valence-electron chi connectivity index (χ2n) is 5.12. The van der Waals surface area contributed by atoms with Crippen LogP contribution in [-0.4, -0.2) is 27.6 Å². The maximum atomic E-state index is 12.9. The number of anilines is 1.